The van der Waals surface area contributed by atoms with E-state index in [2.05, 4.69) is 0 Å². The minimum Gasteiger partial charge on any atom is -0.487 e. The summed E-state index contributed by atoms with van der Waals surface area (Å²) in [6.45, 7) is 7.58. The van der Waals surface area contributed by atoms with Crippen molar-refractivity contribution in [1.82, 2.24) is 9.47 Å². The highest BCUT2D eigenvalue weighted by molar-refractivity contribution is 5.91. The molecule has 0 N–H and O–H groups in total. The monoisotopic (exact) mass is 490 g/mol. The smallest absolute Gasteiger partial charge is 0.336 e. The van der Waals surface area contributed by atoms with Gasteiger partial charge in [0.2, 0.25) is 0 Å². The Morgan fingerprint density at radius 2 is 2.00 bits per heavy atom. The van der Waals surface area contributed by atoms with E-state index in [-0.39, 0.29) is 35.5 Å². The van der Waals surface area contributed by atoms with Crippen LogP contribution >= 0.6 is 0 Å². The molecular formula is C28H30N2O6. The second-order valence-electron chi connectivity index (χ2n) is 11.0. The molecular weight excluding hydrogens is 460 g/mol. The Labute approximate surface area is 208 Å². The summed E-state index contributed by atoms with van der Waals surface area (Å²) in [4.78, 5) is 39.6. The Morgan fingerprint density at radius 3 is 2.83 bits per heavy atom. The van der Waals surface area contributed by atoms with Crippen molar-refractivity contribution in [2.24, 2.45) is 5.92 Å². The van der Waals surface area contributed by atoms with Crippen LogP contribution in [0.2, 0.25) is 0 Å². The number of aryl methyl sites for hydroxylation is 2. The van der Waals surface area contributed by atoms with Crippen LogP contribution in [-0.4, -0.2) is 40.7 Å². The van der Waals surface area contributed by atoms with Crippen molar-refractivity contribution in [2.45, 2.75) is 58.1 Å². The largest absolute Gasteiger partial charge is 0.487 e. The van der Waals surface area contributed by atoms with Crippen molar-refractivity contribution in [3.05, 3.63) is 67.9 Å². The number of likely N-dealkylation sites (tertiary alicyclic amines) is 1. The number of carbonyl (C=O) groups is 1. The molecule has 3 aliphatic heterocycles. The van der Waals surface area contributed by atoms with Crippen molar-refractivity contribution in [3.63, 3.8) is 0 Å². The maximum absolute atomic E-state index is 13.3. The van der Waals surface area contributed by atoms with Gasteiger partial charge in [0.05, 0.1) is 5.39 Å². The van der Waals surface area contributed by atoms with Crippen molar-refractivity contribution >= 4 is 16.9 Å². The maximum atomic E-state index is 13.3. The summed E-state index contributed by atoms with van der Waals surface area (Å²) in [7, 11) is 0. The van der Waals surface area contributed by atoms with Crippen LogP contribution in [-0.2, 0) is 17.8 Å². The predicted molar refractivity (Wildman–Crippen MR) is 134 cm³/mol. The van der Waals surface area contributed by atoms with Crippen LogP contribution < -0.4 is 20.7 Å². The average molecular weight is 491 g/mol. The number of fused-ring (bicyclic) bond motifs is 7. The van der Waals surface area contributed by atoms with E-state index in [0.717, 1.165) is 36.1 Å². The summed E-state index contributed by atoms with van der Waals surface area (Å²) in [5.74, 6) is 1.40. The highest BCUT2D eigenvalue weighted by Crippen LogP contribution is 2.43. The molecule has 1 saturated heterocycles. The number of pyridine rings is 1. The van der Waals surface area contributed by atoms with Gasteiger partial charge in [-0.3, -0.25) is 9.59 Å². The molecule has 1 fully saturated rings. The van der Waals surface area contributed by atoms with Gasteiger partial charge in [-0.15, -0.1) is 0 Å². The first-order chi connectivity index (χ1) is 17.2. The predicted octanol–water partition coefficient (Wildman–Crippen LogP) is 3.39. The summed E-state index contributed by atoms with van der Waals surface area (Å²) in [5.41, 5.74) is 2.35. The highest BCUT2D eigenvalue weighted by Gasteiger charge is 2.36. The minimum atomic E-state index is -0.417. The molecule has 2 aromatic heterocycles. The lowest BCUT2D eigenvalue weighted by Gasteiger charge is -2.42. The van der Waals surface area contributed by atoms with E-state index in [4.69, 9.17) is 13.9 Å². The third-order valence-electron chi connectivity index (χ3n) is 7.79. The third-order valence-corrected chi connectivity index (χ3v) is 7.79. The molecule has 2 bridgehead atoms. The second-order valence-corrected chi connectivity index (χ2v) is 11.0. The standard InChI is InChI=1S/C28H30N2O6/c1-16-9-25(33)35-27-19-7-8-28(2,3)36-21(19)11-22(26(16)27)34-15-24(32)29-12-17-10-18(14-29)20-5-4-6-23(31)30(20)13-17/h4-6,9,11,17-18H,7-8,10,12-15H2,1-3H3/t17-,18?/m1/s1. The van der Waals surface area contributed by atoms with Gasteiger partial charge in [0, 0.05) is 55.0 Å². The molecule has 2 atom stereocenters. The fourth-order valence-electron chi connectivity index (χ4n) is 6.07. The zero-order valence-corrected chi connectivity index (χ0v) is 20.8. The summed E-state index contributed by atoms with van der Waals surface area (Å²) in [5, 5.41) is 0.702. The molecule has 0 radical (unpaired) electrons. The van der Waals surface area contributed by atoms with Gasteiger partial charge in [-0.25, -0.2) is 4.79 Å². The molecule has 36 heavy (non-hydrogen) atoms. The third kappa shape index (κ3) is 3.88. The summed E-state index contributed by atoms with van der Waals surface area (Å²) < 4.78 is 19.8. The molecule has 1 amide bonds. The normalized spacial score (nSPS) is 21.9. The molecule has 8 nitrogen and oxygen atoms in total. The molecule has 8 heteroatoms. The lowest BCUT2D eigenvalue weighted by atomic mass is 9.83. The van der Waals surface area contributed by atoms with E-state index in [1.807, 2.05) is 42.4 Å². The Bertz CT molecular complexity index is 1500. The molecule has 3 aromatic rings. The first-order valence-corrected chi connectivity index (χ1v) is 12.6. The van der Waals surface area contributed by atoms with Crippen LogP contribution in [0, 0.1) is 12.8 Å². The SMILES string of the molecule is Cc1cc(=O)oc2c3c(cc(OCC(=O)N4CC5C[C@H](C4)Cn4c5cccc4=O)c12)OC(C)(C)CC3. The van der Waals surface area contributed by atoms with E-state index in [0.29, 0.717) is 42.1 Å². The number of rotatable bonds is 3. The van der Waals surface area contributed by atoms with Gasteiger partial charge >= 0.3 is 5.63 Å². The number of ether oxygens (including phenoxy) is 2. The number of carbonyl (C=O) groups excluding carboxylic acids is 1. The molecule has 0 saturated carbocycles. The first kappa shape index (κ1) is 22.9. The lowest BCUT2D eigenvalue weighted by molar-refractivity contribution is -0.136. The zero-order valence-electron chi connectivity index (χ0n) is 20.8. The first-order valence-electron chi connectivity index (χ1n) is 12.6. The fraction of sp³-hybridized carbons (Fsp3) is 0.464. The van der Waals surface area contributed by atoms with Gasteiger partial charge in [-0.05, 0) is 57.6 Å². The van der Waals surface area contributed by atoms with Gasteiger partial charge < -0.3 is 23.4 Å². The van der Waals surface area contributed by atoms with Crippen LogP contribution in [0.4, 0.5) is 0 Å². The van der Waals surface area contributed by atoms with Gasteiger partial charge in [0.1, 0.15) is 22.7 Å². The number of piperidine rings is 1. The van der Waals surface area contributed by atoms with Crippen molar-refractivity contribution in [3.8, 4) is 11.5 Å². The van der Waals surface area contributed by atoms with Crippen molar-refractivity contribution < 1.29 is 18.7 Å². The zero-order chi connectivity index (χ0) is 25.2. The molecule has 0 aliphatic carbocycles. The fourth-order valence-corrected chi connectivity index (χ4v) is 6.07. The van der Waals surface area contributed by atoms with Gasteiger partial charge in [-0.1, -0.05) is 6.07 Å². The maximum Gasteiger partial charge on any atom is 0.336 e. The van der Waals surface area contributed by atoms with E-state index >= 15 is 0 Å². The van der Waals surface area contributed by atoms with E-state index in [1.54, 1.807) is 12.1 Å². The van der Waals surface area contributed by atoms with Gasteiger partial charge in [0.15, 0.2) is 6.61 Å². The summed E-state index contributed by atoms with van der Waals surface area (Å²) >= 11 is 0. The number of hydrogen-bond acceptors (Lipinski definition) is 6. The highest BCUT2D eigenvalue weighted by atomic mass is 16.5. The Hall–Kier alpha value is -3.55. The molecule has 3 aliphatic rings. The van der Waals surface area contributed by atoms with E-state index in [9.17, 15) is 14.4 Å². The second kappa shape index (κ2) is 8.25. The molecule has 188 valence electrons. The number of nitrogens with zero attached hydrogens (tertiary/aromatic N) is 2. The van der Waals surface area contributed by atoms with Crippen molar-refractivity contribution in [1.29, 1.82) is 0 Å². The molecule has 6 rings (SSSR count). The summed E-state index contributed by atoms with van der Waals surface area (Å²) in [6.07, 6.45) is 2.51. The van der Waals surface area contributed by atoms with Crippen LogP contribution in [0.25, 0.3) is 11.0 Å². The topological polar surface area (TPSA) is 91.0 Å². The van der Waals surface area contributed by atoms with Gasteiger partial charge in [-0.2, -0.15) is 0 Å². The Balaban J connectivity index is 1.27. The minimum absolute atomic E-state index is 0.0250. The molecule has 1 unspecified atom stereocenters. The van der Waals surface area contributed by atoms with Gasteiger partial charge in [0.25, 0.3) is 11.5 Å². The molecule has 5 heterocycles. The number of amides is 1. The van der Waals surface area contributed by atoms with Crippen LogP contribution in [0.15, 0.2) is 44.3 Å². The van der Waals surface area contributed by atoms with Crippen LogP contribution in [0.3, 0.4) is 0 Å². The Kier molecular flexibility index (Phi) is 5.24. The quantitative estimate of drug-likeness (QED) is 0.523. The van der Waals surface area contributed by atoms with Crippen LogP contribution in [0.5, 0.6) is 11.5 Å². The lowest BCUT2D eigenvalue weighted by Crippen LogP contribution is -2.50. The van der Waals surface area contributed by atoms with E-state index in [1.165, 1.54) is 6.07 Å². The Morgan fingerprint density at radius 1 is 1.17 bits per heavy atom. The van der Waals surface area contributed by atoms with Crippen LogP contribution in [0.1, 0.15) is 49.4 Å². The van der Waals surface area contributed by atoms with Crippen molar-refractivity contribution in [2.75, 3.05) is 19.7 Å². The van der Waals surface area contributed by atoms with E-state index < -0.39 is 5.63 Å². The number of hydrogen-bond donors (Lipinski definition) is 0. The molecule has 0 spiro atoms. The number of benzene rings is 1. The molecule has 1 aromatic carbocycles. The number of aromatic nitrogens is 1. The summed E-state index contributed by atoms with van der Waals surface area (Å²) in [6, 6.07) is 8.65. The average Bonchev–Trinajstić information content (AvgIpc) is 2.81.